The third-order valence-electron chi connectivity index (χ3n) is 4.23. The second kappa shape index (κ2) is 10.5. The zero-order valence-corrected chi connectivity index (χ0v) is 18.2. The van der Waals surface area contributed by atoms with E-state index in [2.05, 4.69) is 26.5 Å². The maximum absolute atomic E-state index is 12.4. The highest BCUT2D eigenvalue weighted by molar-refractivity contribution is 9.10. The number of halogens is 1. The summed E-state index contributed by atoms with van der Waals surface area (Å²) in [5.41, 5.74) is 4.76. The molecule has 0 aliphatic carbocycles. The molecule has 0 unspecified atom stereocenters. The molecule has 0 aliphatic rings. The Balaban J connectivity index is 1.61. The molecular weight excluding hydrogens is 448 g/mol. The van der Waals surface area contributed by atoms with Gasteiger partial charge in [0.15, 0.2) is 0 Å². The number of nitrogens with zero attached hydrogens (tertiary/aromatic N) is 1. The SMILES string of the molecule is COc1ccc(C(=O)N/N=C\c2ccc(OCc3ccccc3)c(Br)c2)c(OC)c1. The highest BCUT2D eigenvalue weighted by atomic mass is 79.9. The van der Waals surface area contributed by atoms with Gasteiger partial charge in [-0.2, -0.15) is 5.10 Å². The van der Waals surface area contributed by atoms with Crippen molar-refractivity contribution in [3.63, 3.8) is 0 Å². The summed E-state index contributed by atoms with van der Waals surface area (Å²) >= 11 is 3.51. The molecule has 3 aromatic carbocycles. The fraction of sp³-hybridized carbons (Fsp3) is 0.130. The van der Waals surface area contributed by atoms with Gasteiger partial charge in [0.2, 0.25) is 0 Å². The lowest BCUT2D eigenvalue weighted by atomic mass is 10.2. The number of carbonyl (C=O) groups excluding carboxylic acids is 1. The molecule has 0 atom stereocenters. The Morgan fingerprint density at radius 3 is 2.50 bits per heavy atom. The minimum absolute atomic E-state index is 0.362. The van der Waals surface area contributed by atoms with Gasteiger partial charge in [-0.1, -0.05) is 30.3 Å². The van der Waals surface area contributed by atoms with Gasteiger partial charge in [-0.15, -0.1) is 0 Å². The molecule has 0 aromatic heterocycles. The Kier molecular flexibility index (Phi) is 7.45. The molecule has 6 nitrogen and oxygen atoms in total. The fourth-order valence-electron chi connectivity index (χ4n) is 2.66. The number of hydrogen-bond acceptors (Lipinski definition) is 5. The Hall–Kier alpha value is -3.32. The average molecular weight is 469 g/mol. The van der Waals surface area contributed by atoms with Crippen LogP contribution in [-0.2, 0) is 6.61 Å². The van der Waals surface area contributed by atoms with Gasteiger partial charge in [-0.05, 0) is 57.4 Å². The molecule has 1 amide bonds. The first-order chi connectivity index (χ1) is 14.6. The van der Waals surface area contributed by atoms with Crippen molar-refractivity contribution in [2.75, 3.05) is 14.2 Å². The van der Waals surface area contributed by atoms with E-state index in [1.807, 2.05) is 48.5 Å². The topological polar surface area (TPSA) is 69.2 Å². The summed E-state index contributed by atoms with van der Waals surface area (Å²) in [6, 6.07) is 20.5. The number of benzene rings is 3. The van der Waals surface area contributed by atoms with E-state index in [9.17, 15) is 4.79 Å². The van der Waals surface area contributed by atoms with E-state index in [1.54, 1.807) is 31.5 Å². The van der Waals surface area contributed by atoms with Gasteiger partial charge in [-0.25, -0.2) is 5.43 Å². The maximum atomic E-state index is 12.4. The molecular formula is C23H21BrN2O4. The molecule has 0 bridgehead atoms. The highest BCUT2D eigenvalue weighted by Crippen LogP contribution is 2.27. The Morgan fingerprint density at radius 1 is 1.00 bits per heavy atom. The van der Waals surface area contributed by atoms with Gasteiger partial charge in [0.1, 0.15) is 23.9 Å². The van der Waals surface area contributed by atoms with Crippen molar-refractivity contribution in [2.45, 2.75) is 6.61 Å². The number of rotatable bonds is 8. The predicted molar refractivity (Wildman–Crippen MR) is 120 cm³/mol. The number of carbonyl (C=O) groups is 1. The quantitative estimate of drug-likeness (QED) is 0.380. The molecule has 7 heteroatoms. The largest absolute Gasteiger partial charge is 0.497 e. The van der Waals surface area contributed by atoms with E-state index in [0.717, 1.165) is 21.3 Å². The monoisotopic (exact) mass is 468 g/mol. The molecule has 0 fully saturated rings. The Labute approximate surface area is 183 Å². The Morgan fingerprint density at radius 2 is 1.80 bits per heavy atom. The zero-order chi connectivity index (χ0) is 21.3. The first-order valence-electron chi connectivity index (χ1n) is 9.12. The van der Waals surface area contributed by atoms with E-state index in [0.29, 0.717) is 23.7 Å². The van der Waals surface area contributed by atoms with Crippen LogP contribution in [0.2, 0.25) is 0 Å². The number of methoxy groups -OCH3 is 2. The lowest BCUT2D eigenvalue weighted by molar-refractivity contribution is 0.0952. The highest BCUT2D eigenvalue weighted by Gasteiger charge is 2.12. The standard InChI is InChI=1S/C23H21BrN2O4/c1-28-18-9-10-19(22(13-18)29-2)23(27)26-25-14-17-8-11-21(20(24)12-17)30-15-16-6-4-3-5-7-16/h3-14H,15H2,1-2H3,(H,26,27)/b25-14-. The predicted octanol–water partition coefficient (Wildman–Crippen LogP) is 4.81. The van der Waals surface area contributed by atoms with Crippen LogP contribution in [-0.4, -0.2) is 26.3 Å². The molecule has 0 heterocycles. The Bertz CT molecular complexity index is 1040. The summed E-state index contributed by atoms with van der Waals surface area (Å²) in [6.45, 7) is 0.479. The maximum Gasteiger partial charge on any atom is 0.275 e. The first kappa shape index (κ1) is 21.4. The molecule has 0 aliphatic heterocycles. The van der Waals surface area contributed by atoms with Crippen LogP contribution in [0.1, 0.15) is 21.5 Å². The van der Waals surface area contributed by atoms with Gasteiger partial charge in [0.05, 0.1) is 30.5 Å². The van der Waals surface area contributed by atoms with Crippen LogP contribution in [0.15, 0.2) is 76.3 Å². The van der Waals surface area contributed by atoms with Gasteiger partial charge < -0.3 is 14.2 Å². The molecule has 30 heavy (non-hydrogen) atoms. The summed E-state index contributed by atoms with van der Waals surface area (Å²) in [5, 5.41) is 4.03. The van der Waals surface area contributed by atoms with Crippen molar-refractivity contribution < 1.29 is 19.0 Å². The molecule has 0 radical (unpaired) electrons. The van der Waals surface area contributed by atoms with Crippen LogP contribution in [0.3, 0.4) is 0 Å². The summed E-state index contributed by atoms with van der Waals surface area (Å²) in [5.74, 6) is 1.35. The molecule has 0 spiro atoms. The number of hydrazone groups is 1. The van der Waals surface area contributed by atoms with Crippen molar-refractivity contribution in [3.05, 3.63) is 87.9 Å². The van der Waals surface area contributed by atoms with E-state index in [-0.39, 0.29) is 5.91 Å². The van der Waals surface area contributed by atoms with E-state index < -0.39 is 0 Å². The number of ether oxygens (including phenoxy) is 3. The van der Waals surface area contributed by atoms with Crippen molar-refractivity contribution >= 4 is 28.1 Å². The number of hydrogen-bond donors (Lipinski definition) is 1. The number of amides is 1. The average Bonchev–Trinajstić information content (AvgIpc) is 2.78. The van der Waals surface area contributed by atoms with E-state index in [1.165, 1.54) is 7.11 Å². The summed E-state index contributed by atoms with van der Waals surface area (Å²) < 4.78 is 17.0. The number of nitrogens with one attached hydrogen (secondary N) is 1. The lowest BCUT2D eigenvalue weighted by Gasteiger charge is -2.09. The summed E-state index contributed by atoms with van der Waals surface area (Å²) in [7, 11) is 3.04. The molecule has 1 N–H and O–H groups in total. The first-order valence-corrected chi connectivity index (χ1v) is 9.91. The van der Waals surface area contributed by atoms with E-state index >= 15 is 0 Å². The fourth-order valence-corrected chi connectivity index (χ4v) is 3.17. The van der Waals surface area contributed by atoms with Crippen molar-refractivity contribution in [2.24, 2.45) is 5.10 Å². The minimum Gasteiger partial charge on any atom is -0.497 e. The van der Waals surface area contributed by atoms with E-state index in [4.69, 9.17) is 14.2 Å². The van der Waals surface area contributed by atoms with Crippen LogP contribution in [0.25, 0.3) is 0 Å². The summed E-state index contributed by atoms with van der Waals surface area (Å²) in [6.07, 6.45) is 1.56. The van der Waals surface area contributed by atoms with Crippen molar-refractivity contribution in [1.82, 2.24) is 5.43 Å². The molecule has 0 saturated heterocycles. The van der Waals surface area contributed by atoms with Gasteiger partial charge in [0.25, 0.3) is 5.91 Å². The van der Waals surface area contributed by atoms with Crippen LogP contribution >= 0.6 is 15.9 Å². The second-order valence-electron chi connectivity index (χ2n) is 6.23. The molecule has 154 valence electrons. The van der Waals surface area contributed by atoms with Crippen LogP contribution in [0, 0.1) is 0 Å². The third kappa shape index (κ3) is 5.61. The molecule has 3 rings (SSSR count). The van der Waals surface area contributed by atoms with Gasteiger partial charge in [0, 0.05) is 6.07 Å². The van der Waals surface area contributed by atoms with Crippen molar-refractivity contribution in [1.29, 1.82) is 0 Å². The summed E-state index contributed by atoms with van der Waals surface area (Å²) in [4.78, 5) is 12.4. The van der Waals surface area contributed by atoms with Crippen LogP contribution in [0.4, 0.5) is 0 Å². The van der Waals surface area contributed by atoms with Gasteiger partial charge in [-0.3, -0.25) is 4.79 Å². The zero-order valence-electron chi connectivity index (χ0n) is 16.6. The third-order valence-corrected chi connectivity index (χ3v) is 4.85. The van der Waals surface area contributed by atoms with Crippen molar-refractivity contribution in [3.8, 4) is 17.2 Å². The molecule has 0 saturated carbocycles. The normalized spacial score (nSPS) is 10.6. The van der Waals surface area contributed by atoms with Gasteiger partial charge >= 0.3 is 0 Å². The molecule has 3 aromatic rings. The smallest absolute Gasteiger partial charge is 0.275 e. The van der Waals surface area contributed by atoms with Crippen LogP contribution in [0.5, 0.6) is 17.2 Å². The lowest BCUT2D eigenvalue weighted by Crippen LogP contribution is -2.18. The second-order valence-corrected chi connectivity index (χ2v) is 7.08. The van der Waals surface area contributed by atoms with Crippen LogP contribution < -0.4 is 19.6 Å². The minimum atomic E-state index is -0.382.